The van der Waals surface area contributed by atoms with Crippen LogP contribution in [-0.4, -0.2) is 31.6 Å². The van der Waals surface area contributed by atoms with Gasteiger partial charge in [0.1, 0.15) is 5.82 Å². The van der Waals surface area contributed by atoms with Crippen molar-refractivity contribution < 1.29 is 9.21 Å². The van der Waals surface area contributed by atoms with E-state index in [-0.39, 0.29) is 22.5 Å². The summed E-state index contributed by atoms with van der Waals surface area (Å²) >= 11 is 1.22. The third-order valence-corrected chi connectivity index (χ3v) is 4.11. The van der Waals surface area contributed by atoms with Gasteiger partial charge in [0.05, 0.1) is 11.4 Å². The number of carbonyl (C=O) groups is 1. The number of hydrogen-bond acceptors (Lipinski definition) is 6. The Labute approximate surface area is 146 Å². The SMILES string of the molecule is Cn1nc(C(C)(C)C)cc1NC(=O)CSc1nnc(C(C)(C)C)o1. The fourth-order valence-electron chi connectivity index (χ4n) is 1.83. The third-order valence-electron chi connectivity index (χ3n) is 3.29. The molecule has 1 amide bonds. The molecular weight excluding hydrogens is 326 g/mol. The second-order valence-electron chi connectivity index (χ2n) is 7.75. The summed E-state index contributed by atoms with van der Waals surface area (Å²) in [7, 11) is 1.81. The van der Waals surface area contributed by atoms with E-state index in [0.29, 0.717) is 16.9 Å². The standard InChI is InChI=1S/C16H25N5O2S/c1-15(2,3)10-8-11(21(7)20-10)17-12(22)9-24-14-19-18-13(23-14)16(4,5)6/h8H,9H2,1-7H3,(H,17,22). The van der Waals surface area contributed by atoms with Gasteiger partial charge in [-0.1, -0.05) is 53.3 Å². The Hall–Kier alpha value is -1.83. The van der Waals surface area contributed by atoms with Crippen LogP contribution in [0.5, 0.6) is 0 Å². The van der Waals surface area contributed by atoms with Crippen molar-refractivity contribution in [2.24, 2.45) is 7.05 Å². The molecule has 0 atom stereocenters. The molecule has 8 heteroatoms. The molecule has 0 spiro atoms. The van der Waals surface area contributed by atoms with E-state index in [1.807, 2.05) is 33.9 Å². The van der Waals surface area contributed by atoms with Gasteiger partial charge in [-0.15, -0.1) is 10.2 Å². The maximum atomic E-state index is 12.1. The lowest BCUT2D eigenvalue weighted by molar-refractivity contribution is -0.113. The molecule has 2 rings (SSSR count). The highest BCUT2D eigenvalue weighted by Crippen LogP contribution is 2.25. The summed E-state index contributed by atoms with van der Waals surface area (Å²) in [5.41, 5.74) is 0.661. The molecule has 0 unspecified atom stereocenters. The molecule has 0 saturated carbocycles. The Bertz CT molecular complexity index is 722. The van der Waals surface area contributed by atoms with Crippen molar-refractivity contribution in [2.45, 2.75) is 57.6 Å². The highest BCUT2D eigenvalue weighted by Gasteiger charge is 2.22. The largest absolute Gasteiger partial charge is 0.415 e. The molecule has 2 aromatic heterocycles. The monoisotopic (exact) mass is 351 g/mol. The van der Waals surface area contributed by atoms with Gasteiger partial charge in [-0.25, -0.2) is 0 Å². The van der Waals surface area contributed by atoms with E-state index < -0.39 is 0 Å². The van der Waals surface area contributed by atoms with Gasteiger partial charge in [-0.2, -0.15) is 5.10 Å². The molecule has 2 aromatic rings. The van der Waals surface area contributed by atoms with Gasteiger partial charge in [0, 0.05) is 23.9 Å². The van der Waals surface area contributed by atoms with Crippen molar-refractivity contribution in [1.82, 2.24) is 20.0 Å². The first-order valence-electron chi connectivity index (χ1n) is 7.78. The zero-order valence-corrected chi connectivity index (χ0v) is 16.1. The minimum atomic E-state index is -0.202. The van der Waals surface area contributed by atoms with Crippen LogP contribution in [0, 0.1) is 0 Å². The quantitative estimate of drug-likeness (QED) is 0.852. The molecule has 0 aliphatic heterocycles. The number of rotatable bonds is 4. The average molecular weight is 351 g/mol. The number of aromatic nitrogens is 4. The molecule has 0 fully saturated rings. The summed E-state index contributed by atoms with van der Waals surface area (Å²) in [4.78, 5) is 12.1. The number of carbonyl (C=O) groups excluding carboxylic acids is 1. The zero-order valence-electron chi connectivity index (χ0n) is 15.3. The summed E-state index contributed by atoms with van der Waals surface area (Å²) in [6, 6.07) is 1.90. The van der Waals surface area contributed by atoms with Crippen LogP contribution >= 0.6 is 11.8 Å². The van der Waals surface area contributed by atoms with E-state index in [1.165, 1.54) is 11.8 Å². The van der Waals surface area contributed by atoms with E-state index in [4.69, 9.17) is 4.42 Å². The predicted octanol–water partition coefficient (Wildman–Crippen LogP) is 3.13. The summed E-state index contributed by atoms with van der Waals surface area (Å²) in [5, 5.41) is 15.7. The van der Waals surface area contributed by atoms with Gasteiger partial charge in [-0.05, 0) is 0 Å². The molecule has 0 saturated heterocycles. The number of nitrogens with one attached hydrogen (secondary N) is 1. The maximum Gasteiger partial charge on any atom is 0.277 e. The Morgan fingerprint density at radius 3 is 2.38 bits per heavy atom. The van der Waals surface area contributed by atoms with Crippen molar-refractivity contribution in [3.05, 3.63) is 17.7 Å². The molecule has 0 radical (unpaired) electrons. The minimum absolute atomic E-state index is 0.0669. The second kappa shape index (κ2) is 6.58. The van der Waals surface area contributed by atoms with E-state index in [9.17, 15) is 4.79 Å². The van der Waals surface area contributed by atoms with Gasteiger partial charge in [0.2, 0.25) is 11.8 Å². The number of hydrogen-bond donors (Lipinski definition) is 1. The molecular formula is C16H25N5O2S. The highest BCUT2D eigenvalue weighted by atomic mass is 32.2. The first-order chi connectivity index (χ1) is 11.0. The number of thioether (sulfide) groups is 1. The van der Waals surface area contributed by atoms with E-state index in [0.717, 1.165) is 5.69 Å². The first-order valence-corrected chi connectivity index (χ1v) is 8.76. The molecule has 0 aliphatic carbocycles. The lowest BCUT2D eigenvalue weighted by Gasteiger charge is -2.13. The minimum Gasteiger partial charge on any atom is -0.415 e. The Morgan fingerprint density at radius 2 is 1.88 bits per heavy atom. The number of anilines is 1. The van der Waals surface area contributed by atoms with Gasteiger partial charge >= 0.3 is 0 Å². The second-order valence-corrected chi connectivity index (χ2v) is 8.67. The maximum absolute atomic E-state index is 12.1. The lowest BCUT2D eigenvalue weighted by atomic mass is 9.92. The smallest absolute Gasteiger partial charge is 0.277 e. The Balaban J connectivity index is 1.94. The Morgan fingerprint density at radius 1 is 1.21 bits per heavy atom. The Kier molecular flexibility index (Phi) is 5.08. The molecule has 0 aliphatic rings. The predicted molar refractivity (Wildman–Crippen MR) is 94.3 cm³/mol. The fourth-order valence-corrected chi connectivity index (χ4v) is 2.39. The van der Waals surface area contributed by atoms with Crippen molar-refractivity contribution in [3.63, 3.8) is 0 Å². The van der Waals surface area contributed by atoms with Crippen LogP contribution in [0.25, 0.3) is 0 Å². The van der Waals surface area contributed by atoms with Crippen LogP contribution in [0.15, 0.2) is 15.7 Å². The summed E-state index contributed by atoms with van der Waals surface area (Å²) in [5.74, 6) is 1.29. The summed E-state index contributed by atoms with van der Waals surface area (Å²) in [6.45, 7) is 12.2. The van der Waals surface area contributed by atoms with E-state index >= 15 is 0 Å². The third kappa shape index (κ3) is 4.59. The highest BCUT2D eigenvalue weighted by molar-refractivity contribution is 7.99. The first kappa shape index (κ1) is 18.5. The van der Waals surface area contributed by atoms with E-state index in [1.54, 1.807) is 4.68 Å². The van der Waals surface area contributed by atoms with E-state index in [2.05, 4.69) is 41.4 Å². The van der Waals surface area contributed by atoms with Crippen LogP contribution < -0.4 is 5.32 Å². The van der Waals surface area contributed by atoms with Crippen molar-refractivity contribution in [3.8, 4) is 0 Å². The van der Waals surface area contributed by atoms with Crippen LogP contribution in [0.3, 0.4) is 0 Å². The topological polar surface area (TPSA) is 85.8 Å². The van der Waals surface area contributed by atoms with Crippen molar-refractivity contribution in [2.75, 3.05) is 11.1 Å². The summed E-state index contributed by atoms with van der Waals surface area (Å²) in [6.07, 6.45) is 0. The normalized spacial score (nSPS) is 12.5. The van der Waals surface area contributed by atoms with Crippen LogP contribution in [0.4, 0.5) is 5.82 Å². The molecule has 1 N–H and O–H groups in total. The molecule has 0 bridgehead atoms. The number of nitrogens with zero attached hydrogens (tertiary/aromatic N) is 4. The number of aryl methyl sites for hydroxylation is 1. The fraction of sp³-hybridized carbons (Fsp3) is 0.625. The van der Waals surface area contributed by atoms with Crippen LogP contribution in [-0.2, 0) is 22.7 Å². The number of amides is 1. The molecule has 24 heavy (non-hydrogen) atoms. The molecule has 7 nitrogen and oxygen atoms in total. The summed E-state index contributed by atoms with van der Waals surface area (Å²) < 4.78 is 7.24. The van der Waals surface area contributed by atoms with Gasteiger partial charge in [-0.3, -0.25) is 9.48 Å². The molecule has 0 aromatic carbocycles. The molecule has 132 valence electrons. The van der Waals surface area contributed by atoms with Gasteiger partial charge in [0.15, 0.2) is 0 Å². The van der Waals surface area contributed by atoms with Gasteiger partial charge < -0.3 is 9.73 Å². The van der Waals surface area contributed by atoms with Crippen molar-refractivity contribution >= 4 is 23.5 Å². The van der Waals surface area contributed by atoms with Gasteiger partial charge in [0.25, 0.3) is 5.22 Å². The van der Waals surface area contributed by atoms with Crippen LogP contribution in [0.1, 0.15) is 53.1 Å². The van der Waals surface area contributed by atoms with Crippen LogP contribution in [0.2, 0.25) is 0 Å². The zero-order chi connectivity index (χ0) is 18.1. The van der Waals surface area contributed by atoms with Crippen molar-refractivity contribution in [1.29, 1.82) is 0 Å². The lowest BCUT2D eigenvalue weighted by Crippen LogP contribution is -2.16. The molecule has 2 heterocycles. The average Bonchev–Trinajstić information content (AvgIpc) is 3.03.